The van der Waals surface area contributed by atoms with E-state index in [2.05, 4.69) is 0 Å². The van der Waals surface area contributed by atoms with Crippen molar-refractivity contribution in [3.63, 3.8) is 0 Å². The van der Waals surface area contributed by atoms with Crippen molar-refractivity contribution in [2.45, 2.75) is 12.1 Å². The van der Waals surface area contributed by atoms with Crippen molar-refractivity contribution < 1.29 is 19.2 Å². The number of fused-ring (bicyclic) bond motifs is 4. The fourth-order valence-electron chi connectivity index (χ4n) is 6.31. The Bertz CT molecular complexity index is 1810. The first-order valence-corrected chi connectivity index (χ1v) is 13.7. The number of carbonyl (C=O) groups is 4. The fraction of sp³-hybridized carbons (Fsp3) is 0.118. The summed E-state index contributed by atoms with van der Waals surface area (Å²) in [6.45, 7) is 0. The van der Waals surface area contributed by atoms with Crippen molar-refractivity contribution in [1.82, 2.24) is 4.90 Å². The minimum atomic E-state index is -0.922. The molecule has 2 saturated heterocycles. The lowest BCUT2D eigenvalue weighted by Gasteiger charge is -2.32. The molecule has 0 radical (unpaired) electrons. The highest BCUT2D eigenvalue weighted by molar-refractivity contribution is 6.30. The molecule has 0 unspecified atom stereocenters. The molecule has 4 aromatic rings. The molecular formula is C34H23ClN2O4. The topological polar surface area (TPSA) is 74.8 Å². The van der Waals surface area contributed by atoms with Crippen LogP contribution in [0.4, 0.5) is 5.69 Å². The van der Waals surface area contributed by atoms with Crippen LogP contribution in [-0.4, -0.2) is 40.4 Å². The molecule has 4 atom stereocenters. The number of nitrogens with zero attached hydrogens (tertiary/aromatic N) is 2. The predicted molar refractivity (Wildman–Crippen MR) is 157 cm³/mol. The highest BCUT2D eigenvalue weighted by Gasteiger charge is 2.63. The van der Waals surface area contributed by atoms with Crippen molar-refractivity contribution in [2.75, 3.05) is 4.90 Å². The van der Waals surface area contributed by atoms with Crippen LogP contribution in [0.15, 0.2) is 121 Å². The van der Waals surface area contributed by atoms with Crippen LogP contribution in [0.2, 0.25) is 5.02 Å². The molecular weight excluding hydrogens is 536 g/mol. The Morgan fingerprint density at radius 2 is 1.39 bits per heavy atom. The standard InChI is InChI=1S/C34H23ClN2O4/c35-25-13-10-22(11-14-25)32(39)30-29-28(27-19-24(16-17-36(27)30)31(38)21-7-2-1-3-8-21)33(40)37(34(29)41)26-15-12-20-6-4-5-9-23(20)18-26/h1-19,27-30H/t27-,28+,29-,30+/m1/s1. The van der Waals surface area contributed by atoms with E-state index in [4.69, 9.17) is 11.6 Å². The summed E-state index contributed by atoms with van der Waals surface area (Å²) < 4.78 is 0. The van der Waals surface area contributed by atoms with Crippen LogP contribution in [0.3, 0.4) is 0 Å². The number of hydrogen-bond acceptors (Lipinski definition) is 5. The third kappa shape index (κ3) is 4.02. The Labute approximate surface area is 241 Å². The van der Waals surface area contributed by atoms with E-state index in [1.807, 2.05) is 42.5 Å². The molecule has 3 aliphatic rings. The number of Topliss-reactive ketones (excluding diaryl/α,β-unsaturated/α-hetero) is 2. The average Bonchev–Trinajstić information content (AvgIpc) is 3.48. The molecule has 4 aromatic carbocycles. The number of benzene rings is 4. The third-order valence-electron chi connectivity index (χ3n) is 8.23. The Balaban J connectivity index is 1.32. The molecule has 3 aliphatic heterocycles. The maximum absolute atomic E-state index is 14.1. The van der Waals surface area contributed by atoms with Crippen molar-refractivity contribution in [3.8, 4) is 0 Å². The number of anilines is 1. The van der Waals surface area contributed by atoms with Crippen molar-refractivity contribution in [3.05, 3.63) is 137 Å². The molecule has 0 saturated carbocycles. The molecule has 0 spiro atoms. The summed E-state index contributed by atoms with van der Waals surface area (Å²) in [6, 6.07) is 27.0. The van der Waals surface area contributed by atoms with Crippen LogP contribution in [-0.2, 0) is 9.59 Å². The molecule has 2 amide bonds. The minimum absolute atomic E-state index is 0.186. The van der Waals surface area contributed by atoms with Gasteiger partial charge in [0.25, 0.3) is 0 Å². The summed E-state index contributed by atoms with van der Waals surface area (Å²) in [4.78, 5) is 58.5. The van der Waals surface area contributed by atoms with Gasteiger partial charge in [-0.15, -0.1) is 0 Å². The smallest absolute Gasteiger partial charge is 0.240 e. The average molecular weight is 559 g/mol. The lowest BCUT2D eigenvalue weighted by molar-refractivity contribution is -0.123. The number of allylic oxidation sites excluding steroid dienone is 2. The molecule has 3 heterocycles. The van der Waals surface area contributed by atoms with E-state index in [0.29, 0.717) is 27.4 Å². The fourth-order valence-corrected chi connectivity index (χ4v) is 6.44. The SMILES string of the molecule is O=C(C1=C[C@@H]2[C@@H]3C(=O)N(c4ccc5ccccc5c4)C(=O)[C@H]3[C@@H](C(=O)c3ccc(Cl)cc3)N2C=C1)c1ccccc1. The summed E-state index contributed by atoms with van der Waals surface area (Å²) in [7, 11) is 0. The van der Waals surface area contributed by atoms with Crippen molar-refractivity contribution in [1.29, 1.82) is 0 Å². The molecule has 6 nitrogen and oxygen atoms in total. The molecule has 2 fully saturated rings. The van der Waals surface area contributed by atoms with Gasteiger partial charge in [-0.2, -0.15) is 0 Å². The molecule has 200 valence electrons. The van der Waals surface area contributed by atoms with Crippen molar-refractivity contribution in [2.24, 2.45) is 11.8 Å². The Morgan fingerprint density at radius 3 is 2.15 bits per heavy atom. The lowest BCUT2D eigenvalue weighted by Crippen LogP contribution is -2.46. The highest BCUT2D eigenvalue weighted by Crippen LogP contribution is 2.47. The number of halogens is 1. The van der Waals surface area contributed by atoms with Crippen LogP contribution < -0.4 is 4.90 Å². The quantitative estimate of drug-likeness (QED) is 0.226. The zero-order chi connectivity index (χ0) is 28.2. The Morgan fingerprint density at radius 1 is 0.707 bits per heavy atom. The molecule has 7 heteroatoms. The number of hydrogen-bond donors (Lipinski definition) is 0. The van der Waals surface area contributed by atoms with E-state index < -0.39 is 29.8 Å². The van der Waals surface area contributed by atoms with Gasteiger partial charge in [0.05, 0.1) is 23.6 Å². The molecule has 41 heavy (non-hydrogen) atoms. The largest absolute Gasteiger partial charge is 0.359 e. The summed E-state index contributed by atoms with van der Waals surface area (Å²) in [5.41, 5.74) is 1.80. The van der Waals surface area contributed by atoms with E-state index in [0.717, 1.165) is 10.8 Å². The first-order chi connectivity index (χ1) is 19.9. The van der Waals surface area contributed by atoms with Gasteiger partial charge in [0, 0.05) is 27.9 Å². The van der Waals surface area contributed by atoms with Gasteiger partial charge < -0.3 is 4.90 Å². The van der Waals surface area contributed by atoms with Gasteiger partial charge in [0.1, 0.15) is 6.04 Å². The Hall–Kier alpha value is -4.81. The minimum Gasteiger partial charge on any atom is -0.359 e. The van der Waals surface area contributed by atoms with Crippen LogP contribution in [0.25, 0.3) is 10.8 Å². The van der Waals surface area contributed by atoms with E-state index in [-0.39, 0.29) is 17.5 Å². The summed E-state index contributed by atoms with van der Waals surface area (Å²) in [5, 5.41) is 2.37. The molecule has 0 aliphatic carbocycles. The Kier molecular flexibility index (Phi) is 5.94. The zero-order valence-electron chi connectivity index (χ0n) is 21.7. The normalized spacial score (nSPS) is 23.0. The highest BCUT2D eigenvalue weighted by atomic mass is 35.5. The lowest BCUT2D eigenvalue weighted by atomic mass is 9.85. The van der Waals surface area contributed by atoms with E-state index in [9.17, 15) is 19.2 Å². The number of rotatable bonds is 5. The molecule has 7 rings (SSSR count). The monoisotopic (exact) mass is 558 g/mol. The van der Waals surface area contributed by atoms with Crippen LogP contribution in [0.1, 0.15) is 20.7 Å². The third-order valence-corrected chi connectivity index (χ3v) is 8.49. The predicted octanol–water partition coefficient (Wildman–Crippen LogP) is 5.87. The summed E-state index contributed by atoms with van der Waals surface area (Å²) in [5.74, 6) is -3.03. The summed E-state index contributed by atoms with van der Waals surface area (Å²) in [6.07, 6.45) is 5.07. The van der Waals surface area contributed by atoms with Gasteiger partial charge in [-0.3, -0.25) is 19.2 Å². The van der Waals surface area contributed by atoms with E-state index in [1.54, 1.807) is 77.8 Å². The van der Waals surface area contributed by atoms with Crippen LogP contribution >= 0.6 is 11.6 Å². The number of imide groups is 1. The van der Waals surface area contributed by atoms with Crippen LogP contribution in [0.5, 0.6) is 0 Å². The van der Waals surface area contributed by atoms with Gasteiger partial charge in [0.2, 0.25) is 11.8 Å². The second kappa shape index (κ2) is 9.68. The number of ketones is 2. The van der Waals surface area contributed by atoms with Gasteiger partial charge >= 0.3 is 0 Å². The first kappa shape index (κ1) is 25.2. The van der Waals surface area contributed by atoms with Crippen molar-refractivity contribution >= 4 is 51.4 Å². The van der Waals surface area contributed by atoms with Gasteiger partial charge in [-0.05, 0) is 53.2 Å². The maximum Gasteiger partial charge on any atom is 0.240 e. The van der Waals surface area contributed by atoms with Crippen LogP contribution in [0, 0.1) is 11.8 Å². The van der Waals surface area contributed by atoms with Gasteiger partial charge in [-0.25, -0.2) is 4.90 Å². The second-order valence-electron chi connectivity index (χ2n) is 10.5. The zero-order valence-corrected chi connectivity index (χ0v) is 22.4. The van der Waals surface area contributed by atoms with E-state index >= 15 is 0 Å². The van der Waals surface area contributed by atoms with Gasteiger partial charge in [-0.1, -0.05) is 78.3 Å². The molecule has 0 bridgehead atoms. The number of carbonyl (C=O) groups excluding carboxylic acids is 4. The number of amides is 2. The maximum atomic E-state index is 14.1. The molecule has 0 aromatic heterocycles. The van der Waals surface area contributed by atoms with Gasteiger partial charge in [0.15, 0.2) is 11.6 Å². The van der Waals surface area contributed by atoms with E-state index in [1.165, 1.54) is 4.90 Å². The molecule has 0 N–H and O–H groups in total. The first-order valence-electron chi connectivity index (χ1n) is 13.4. The summed E-state index contributed by atoms with van der Waals surface area (Å²) >= 11 is 6.06. The second-order valence-corrected chi connectivity index (χ2v) is 10.9.